The van der Waals surface area contributed by atoms with Crippen molar-refractivity contribution in [1.29, 1.82) is 0 Å². The molecule has 0 aromatic carbocycles. The third-order valence-corrected chi connectivity index (χ3v) is 7.06. The quantitative estimate of drug-likeness (QED) is 0.768. The van der Waals surface area contributed by atoms with Crippen LogP contribution in [0.15, 0.2) is 41.1 Å². The highest BCUT2D eigenvalue weighted by molar-refractivity contribution is 7.89. The van der Waals surface area contributed by atoms with Crippen LogP contribution < -0.4 is 0 Å². The number of sulfonamides is 1. The van der Waals surface area contributed by atoms with Crippen LogP contribution in [0.5, 0.6) is 0 Å². The molecular formula is C18H25N3O3S. The molecule has 25 heavy (non-hydrogen) atoms. The van der Waals surface area contributed by atoms with Gasteiger partial charge in [-0.3, -0.25) is 9.78 Å². The molecule has 2 saturated heterocycles. The van der Waals surface area contributed by atoms with Gasteiger partial charge in [0.2, 0.25) is 15.9 Å². The summed E-state index contributed by atoms with van der Waals surface area (Å²) in [4.78, 5) is 18.4. The summed E-state index contributed by atoms with van der Waals surface area (Å²) in [6.45, 7) is 6.36. The van der Waals surface area contributed by atoms with E-state index in [-0.39, 0.29) is 16.2 Å². The Morgan fingerprint density at radius 1 is 1.32 bits per heavy atom. The van der Waals surface area contributed by atoms with E-state index in [2.05, 4.69) is 11.1 Å². The van der Waals surface area contributed by atoms with Gasteiger partial charge in [-0.2, -0.15) is 4.31 Å². The first-order valence-electron chi connectivity index (χ1n) is 8.64. The predicted molar refractivity (Wildman–Crippen MR) is 95.3 cm³/mol. The zero-order valence-electron chi connectivity index (χ0n) is 14.8. The lowest BCUT2D eigenvalue weighted by molar-refractivity contribution is -0.127. The minimum atomic E-state index is -3.49. The van der Waals surface area contributed by atoms with Gasteiger partial charge in [0.1, 0.15) is 4.90 Å². The summed E-state index contributed by atoms with van der Waals surface area (Å²) < 4.78 is 26.9. The van der Waals surface area contributed by atoms with Crippen molar-refractivity contribution in [3.05, 3.63) is 36.2 Å². The minimum Gasteiger partial charge on any atom is -0.338 e. The summed E-state index contributed by atoms with van der Waals surface area (Å²) >= 11 is 0. The van der Waals surface area contributed by atoms with Crippen molar-refractivity contribution >= 4 is 15.9 Å². The number of nitrogens with zero attached hydrogens (tertiary/aromatic N) is 3. The maximum atomic E-state index is 12.7. The molecule has 3 heterocycles. The number of aromatic nitrogens is 1. The summed E-state index contributed by atoms with van der Waals surface area (Å²) in [7, 11) is -3.49. The lowest BCUT2D eigenvalue weighted by Gasteiger charge is -2.38. The Kier molecular flexibility index (Phi) is 4.97. The molecule has 2 aliphatic rings. The van der Waals surface area contributed by atoms with Gasteiger partial charge in [-0.15, -0.1) is 0 Å². The van der Waals surface area contributed by atoms with Crippen molar-refractivity contribution in [3.63, 3.8) is 0 Å². The maximum absolute atomic E-state index is 12.7. The topological polar surface area (TPSA) is 70.6 Å². The van der Waals surface area contributed by atoms with Crippen LogP contribution in [0.2, 0.25) is 0 Å². The van der Waals surface area contributed by atoms with Crippen LogP contribution >= 0.6 is 0 Å². The molecule has 0 bridgehead atoms. The molecule has 3 rings (SSSR count). The van der Waals surface area contributed by atoms with Gasteiger partial charge in [0.05, 0.1) is 0 Å². The van der Waals surface area contributed by atoms with Crippen LogP contribution in [-0.2, 0) is 14.8 Å². The van der Waals surface area contributed by atoms with Gasteiger partial charge in [0.25, 0.3) is 0 Å². The molecule has 0 aliphatic carbocycles. The molecule has 6 nitrogen and oxygen atoms in total. The Bertz CT molecular complexity index is 762. The maximum Gasteiger partial charge on any atom is 0.244 e. The summed E-state index contributed by atoms with van der Waals surface area (Å²) in [5.41, 5.74) is 1.12. The second-order valence-corrected chi connectivity index (χ2v) is 9.26. The van der Waals surface area contributed by atoms with Gasteiger partial charge in [-0.1, -0.05) is 11.6 Å². The van der Waals surface area contributed by atoms with Crippen LogP contribution in [0.25, 0.3) is 0 Å². The summed E-state index contributed by atoms with van der Waals surface area (Å²) in [6, 6.07) is 3.21. The molecule has 1 aromatic heterocycles. The molecular weight excluding hydrogens is 338 g/mol. The molecule has 0 N–H and O–H groups in total. The first kappa shape index (κ1) is 18.1. The number of likely N-dealkylation sites (tertiary alicyclic amines) is 1. The van der Waals surface area contributed by atoms with Gasteiger partial charge in [-0.05, 0) is 44.2 Å². The molecule has 0 atom stereocenters. The summed E-state index contributed by atoms with van der Waals surface area (Å²) in [5.74, 6) is 0.182. The third-order valence-electron chi connectivity index (χ3n) is 5.18. The number of carbonyl (C=O) groups excluding carboxylic acids is 1. The van der Waals surface area contributed by atoms with Crippen molar-refractivity contribution < 1.29 is 13.2 Å². The molecule has 0 saturated carbocycles. The second-order valence-electron chi connectivity index (χ2n) is 7.33. The number of amides is 1. The van der Waals surface area contributed by atoms with Crippen LogP contribution in [0, 0.1) is 5.41 Å². The monoisotopic (exact) mass is 363 g/mol. The van der Waals surface area contributed by atoms with Crippen LogP contribution in [0.4, 0.5) is 0 Å². The number of rotatable bonds is 4. The third kappa shape index (κ3) is 3.77. The van der Waals surface area contributed by atoms with Crippen molar-refractivity contribution in [3.8, 4) is 0 Å². The Morgan fingerprint density at radius 3 is 2.64 bits per heavy atom. The first-order chi connectivity index (χ1) is 11.8. The zero-order valence-corrected chi connectivity index (χ0v) is 15.6. The fraction of sp³-hybridized carbons (Fsp3) is 0.556. The van der Waals surface area contributed by atoms with E-state index in [0.29, 0.717) is 26.1 Å². The molecule has 2 fully saturated rings. The Labute approximate surface area is 149 Å². The molecule has 1 spiro atoms. The smallest absolute Gasteiger partial charge is 0.244 e. The molecule has 7 heteroatoms. The Morgan fingerprint density at radius 2 is 2.04 bits per heavy atom. The molecule has 0 radical (unpaired) electrons. The average molecular weight is 363 g/mol. The fourth-order valence-corrected chi connectivity index (χ4v) is 5.03. The van der Waals surface area contributed by atoms with E-state index >= 15 is 0 Å². The molecule has 0 unspecified atom stereocenters. The Balaban J connectivity index is 1.66. The number of hydrogen-bond acceptors (Lipinski definition) is 4. The van der Waals surface area contributed by atoms with Crippen molar-refractivity contribution in [2.75, 3.05) is 26.2 Å². The van der Waals surface area contributed by atoms with E-state index in [1.807, 2.05) is 18.7 Å². The van der Waals surface area contributed by atoms with E-state index in [1.54, 1.807) is 18.3 Å². The predicted octanol–water partition coefficient (Wildman–Crippen LogP) is 2.05. The lowest BCUT2D eigenvalue weighted by atomic mass is 9.78. The molecule has 2 aliphatic heterocycles. The van der Waals surface area contributed by atoms with E-state index in [9.17, 15) is 13.2 Å². The lowest BCUT2D eigenvalue weighted by Crippen LogP contribution is -2.44. The SMILES string of the molecule is CC(C)=CCN1CC2(CCN(S(=O)(=O)c3cccnc3)CC2)CC1=O. The van der Waals surface area contributed by atoms with Crippen LogP contribution in [0.3, 0.4) is 0 Å². The molecule has 1 aromatic rings. The van der Waals surface area contributed by atoms with Gasteiger partial charge in [0, 0.05) is 45.0 Å². The second kappa shape index (κ2) is 6.88. The average Bonchev–Trinajstić information content (AvgIpc) is 2.89. The van der Waals surface area contributed by atoms with Crippen LogP contribution in [-0.4, -0.2) is 54.7 Å². The number of allylic oxidation sites excluding steroid dienone is 1. The minimum absolute atomic E-state index is 0.0759. The normalized spacial score (nSPS) is 20.9. The molecule has 136 valence electrons. The summed E-state index contributed by atoms with van der Waals surface area (Å²) in [5, 5.41) is 0. The zero-order chi connectivity index (χ0) is 18.1. The van der Waals surface area contributed by atoms with Crippen molar-refractivity contribution in [2.24, 2.45) is 5.41 Å². The van der Waals surface area contributed by atoms with Crippen molar-refractivity contribution in [2.45, 2.75) is 38.0 Å². The number of piperidine rings is 1. The number of carbonyl (C=O) groups is 1. The Hall–Kier alpha value is -1.73. The van der Waals surface area contributed by atoms with Gasteiger partial charge in [0.15, 0.2) is 0 Å². The van der Waals surface area contributed by atoms with Gasteiger partial charge < -0.3 is 4.90 Å². The number of hydrogen-bond donors (Lipinski definition) is 0. The molecule has 1 amide bonds. The van der Waals surface area contributed by atoms with Crippen molar-refractivity contribution in [1.82, 2.24) is 14.2 Å². The van der Waals surface area contributed by atoms with Gasteiger partial charge >= 0.3 is 0 Å². The van der Waals surface area contributed by atoms with E-state index in [4.69, 9.17) is 0 Å². The largest absolute Gasteiger partial charge is 0.338 e. The van der Waals surface area contributed by atoms with E-state index in [0.717, 1.165) is 19.4 Å². The number of pyridine rings is 1. The van der Waals surface area contributed by atoms with E-state index in [1.165, 1.54) is 16.1 Å². The highest BCUT2D eigenvalue weighted by atomic mass is 32.2. The van der Waals surface area contributed by atoms with E-state index < -0.39 is 10.0 Å². The fourth-order valence-electron chi connectivity index (χ4n) is 3.63. The highest BCUT2D eigenvalue weighted by Crippen LogP contribution is 2.41. The highest BCUT2D eigenvalue weighted by Gasteiger charge is 2.46. The summed E-state index contributed by atoms with van der Waals surface area (Å²) in [6.07, 6.45) is 7.01. The van der Waals surface area contributed by atoms with Crippen LogP contribution in [0.1, 0.15) is 33.1 Å². The first-order valence-corrected chi connectivity index (χ1v) is 10.1. The standard InChI is InChI=1S/C18H25N3O3S/c1-15(2)5-9-20-14-18(12-17(20)22)6-10-21(11-7-18)25(23,24)16-4-3-8-19-13-16/h3-5,8,13H,6-7,9-12,14H2,1-2H3. The van der Waals surface area contributed by atoms with Gasteiger partial charge in [-0.25, -0.2) is 8.42 Å².